The van der Waals surface area contributed by atoms with Crippen LogP contribution in [-0.4, -0.2) is 39.7 Å². The van der Waals surface area contributed by atoms with Crippen LogP contribution in [0, 0.1) is 0 Å². The predicted octanol–water partition coefficient (Wildman–Crippen LogP) is 6.10. The number of carboxylic acid groups (broad SMARTS) is 1. The number of carboxylic acids is 1. The Bertz CT molecular complexity index is 1370. The first kappa shape index (κ1) is 26.3. The highest BCUT2D eigenvalue weighted by atomic mass is 79.9. The summed E-state index contributed by atoms with van der Waals surface area (Å²) in [4.78, 5) is 29.6. The molecule has 0 aliphatic heterocycles. The molecule has 36 heavy (non-hydrogen) atoms. The van der Waals surface area contributed by atoms with E-state index in [-0.39, 0.29) is 17.2 Å². The van der Waals surface area contributed by atoms with Crippen molar-refractivity contribution in [3.05, 3.63) is 61.0 Å². The number of hydrogen-bond acceptors (Lipinski definition) is 6. The van der Waals surface area contributed by atoms with Crippen molar-refractivity contribution < 1.29 is 19.4 Å². The molecular formula is C26H27Br2N3O5. The van der Waals surface area contributed by atoms with Gasteiger partial charge in [-0.2, -0.15) is 9.78 Å². The molecule has 1 heterocycles. The predicted molar refractivity (Wildman–Crippen MR) is 146 cm³/mol. The van der Waals surface area contributed by atoms with Crippen LogP contribution in [0.5, 0.6) is 11.5 Å². The van der Waals surface area contributed by atoms with E-state index in [9.17, 15) is 14.7 Å². The number of ether oxygens (including phenoxy) is 2. The van der Waals surface area contributed by atoms with Gasteiger partial charge in [0.1, 0.15) is 5.82 Å². The zero-order valence-electron chi connectivity index (χ0n) is 20.0. The zero-order chi connectivity index (χ0) is 25.8. The molecule has 2 aromatic carbocycles. The second-order valence-corrected chi connectivity index (χ2v) is 10.2. The van der Waals surface area contributed by atoms with Crippen molar-refractivity contribution >= 4 is 54.9 Å². The topological polar surface area (TPSA) is 103 Å². The van der Waals surface area contributed by atoms with Gasteiger partial charge in [0.2, 0.25) is 0 Å². The minimum Gasteiger partial charge on any atom is -0.490 e. The molecule has 0 saturated heterocycles. The van der Waals surface area contributed by atoms with E-state index in [0.717, 1.165) is 25.7 Å². The number of aromatic nitrogens is 2. The first-order valence-corrected chi connectivity index (χ1v) is 13.5. The lowest BCUT2D eigenvalue weighted by Crippen LogP contribution is -2.25. The van der Waals surface area contributed by atoms with Crippen molar-refractivity contribution in [1.82, 2.24) is 9.66 Å². The lowest BCUT2D eigenvalue weighted by molar-refractivity contribution is -0.144. The number of aliphatic carboxylic acids is 1. The van der Waals surface area contributed by atoms with Gasteiger partial charge in [-0.3, -0.25) is 4.79 Å². The lowest BCUT2D eigenvalue weighted by atomic mass is 9.88. The molecule has 8 nitrogen and oxygen atoms in total. The maximum Gasteiger partial charge on any atom is 0.344 e. The Morgan fingerprint density at radius 2 is 1.97 bits per heavy atom. The smallest absolute Gasteiger partial charge is 0.344 e. The van der Waals surface area contributed by atoms with Gasteiger partial charge in [-0.1, -0.05) is 31.4 Å². The summed E-state index contributed by atoms with van der Waals surface area (Å²) in [6, 6.07) is 9.02. The quantitative estimate of drug-likeness (QED) is 0.305. The summed E-state index contributed by atoms with van der Waals surface area (Å²) in [7, 11) is 0. The Labute approximate surface area is 225 Å². The van der Waals surface area contributed by atoms with Crippen LogP contribution in [0.25, 0.3) is 10.9 Å². The highest BCUT2D eigenvalue weighted by Crippen LogP contribution is 2.43. The molecule has 1 fully saturated rings. The molecule has 0 bridgehead atoms. The third-order valence-electron chi connectivity index (χ3n) is 6.16. The Hall–Kier alpha value is -2.72. The second-order valence-electron chi connectivity index (χ2n) is 8.64. The van der Waals surface area contributed by atoms with Gasteiger partial charge in [0.15, 0.2) is 17.6 Å². The monoisotopic (exact) mass is 619 g/mol. The van der Waals surface area contributed by atoms with E-state index in [2.05, 4.69) is 37.0 Å². The summed E-state index contributed by atoms with van der Waals surface area (Å²) in [6.07, 6.45) is 5.83. The fourth-order valence-electron chi connectivity index (χ4n) is 4.30. The Balaban J connectivity index is 1.81. The van der Waals surface area contributed by atoms with Crippen molar-refractivity contribution in [2.75, 3.05) is 6.61 Å². The van der Waals surface area contributed by atoms with Gasteiger partial charge < -0.3 is 14.6 Å². The highest BCUT2D eigenvalue weighted by molar-refractivity contribution is 9.13. The lowest BCUT2D eigenvalue weighted by Gasteiger charge is -2.22. The fourth-order valence-corrected chi connectivity index (χ4v) is 5.21. The molecule has 0 radical (unpaired) electrons. The van der Waals surface area contributed by atoms with Crippen LogP contribution in [0.3, 0.4) is 0 Å². The van der Waals surface area contributed by atoms with Crippen molar-refractivity contribution in [2.24, 2.45) is 5.10 Å². The number of nitrogens with zero attached hydrogens (tertiary/aromatic N) is 3. The Kier molecular flexibility index (Phi) is 8.46. The summed E-state index contributed by atoms with van der Waals surface area (Å²) in [5, 5.41) is 14.4. The molecule has 4 rings (SSSR count). The Morgan fingerprint density at radius 1 is 1.25 bits per heavy atom. The van der Waals surface area contributed by atoms with Gasteiger partial charge in [-0.05, 0) is 76.7 Å². The number of rotatable bonds is 8. The summed E-state index contributed by atoms with van der Waals surface area (Å²) in [5.74, 6) is 0.368. The van der Waals surface area contributed by atoms with E-state index in [4.69, 9.17) is 14.5 Å². The summed E-state index contributed by atoms with van der Waals surface area (Å²) in [6.45, 7) is 3.62. The van der Waals surface area contributed by atoms with Crippen LogP contribution in [0.2, 0.25) is 0 Å². The van der Waals surface area contributed by atoms with E-state index in [0.29, 0.717) is 43.6 Å². The summed E-state index contributed by atoms with van der Waals surface area (Å²) in [5.41, 5.74) is 1.08. The number of hydrogen-bond donors (Lipinski definition) is 1. The number of halogens is 2. The maximum atomic E-state index is 13.5. The van der Waals surface area contributed by atoms with Crippen LogP contribution >= 0.6 is 31.9 Å². The molecule has 0 unspecified atom stereocenters. The van der Waals surface area contributed by atoms with Crippen molar-refractivity contribution in [3.63, 3.8) is 0 Å². The standard InChI is InChI=1S/C26H27Br2N3O5/c1-3-35-20-13-17(21(27)22(28)23(20)36-15(2)26(33)34)14-29-31-24(16-9-5-4-6-10-16)30-19-12-8-7-11-18(19)25(31)32/h7-8,11-16H,3-6,9-10H2,1-2H3,(H,33,34)/t15-/m1/s1. The van der Waals surface area contributed by atoms with Crippen LogP contribution in [0.15, 0.2) is 49.2 Å². The van der Waals surface area contributed by atoms with Crippen molar-refractivity contribution in [1.29, 1.82) is 0 Å². The molecule has 3 aromatic rings. The van der Waals surface area contributed by atoms with Crippen LogP contribution < -0.4 is 15.0 Å². The molecule has 1 atom stereocenters. The molecular weight excluding hydrogens is 594 g/mol. The van der Waals surface area contributed by atoms with Gasteiger partial charge >= 0.3 is 5.97 Å². The van der Waals surface area contributed by atoms with Crippen LogP contribution in [0.1, 0.15) is 63.3 Å². The second kappa shape index (κ2) is 11.6. The van der Waals surface area contributed by atoms with Gasteiger partial charge in [-0.25, -0.2) is 9.78 Å². The first-order chi connectivity index (χ1) is 17.3. The zero-order valence-corrected chi connectivity index (χ0v) is 23.2. The highest BCUT2D eigenvalue weighted by Gasteiger charge is 2.24. The molecule has 1 aliphatic rings. The normalized spacial score (nSPS) is 15.3. The van der Waals surface area contributed by atoms with Gasteiger partial charge in [0.25, 0.3) is 5.56 Å². The number of benzene rings is 2. The van der Waals surface area contributed by atoms with Gasteiger partial charge in [0.05, 0.1) is 28.2 Å². The number of fused-ring (bicyclic) bond motifs is 1. The molecule has 0 amide bonds. The minimum atomic E-state index is -1.09. The van der Waals surface area contributed by atoms with Gasteiger partial charge in [-0.15, -0.1) is 0 Å². The van der Waals surface area contributed by atoms with Gasteiger partial charge in [0, 0.05) is 16.0 Å². The van der Waals surface area contributed by atoms with E-state index in [1.807, 2.05) is 25.1 Å². The summed E-state index contributed by atoms with van der Waals surface area (Å²) >= 11 is 7.04. The first-order valence-electron chi connectivity index (χ1n) is 11.9. The summed E-state index contributed by atoms with van der Waals surface area (Å²) < 4.78 is 13.9. The molecule has 0 spiro atoms. The molecule has 1 saturated carbocycles. The molecule has 1 N–H and O–H groups in total. The van der Waals surface area contributed by atoms with Crippen molar-refractivity contribution in [3.8, 4) is 11.5 Å². The SMILES string of the molecule is CCOc1cc(C=Nn2c(C3CCCCC3)nc3ccccc3c2=O)c(Br)c(Br)c1O[C@H](C)C(=O)O. The molecule has 190 valence electrons. The molecule has 1 aliphatic carbocycles. The molecule has 1 aromatic heterocycles. The van der Waals surface area contributed by atoms with E-state index in [1.54, 1.807) is 18.3 Å². The fraction of sp³-hybridized carbons (Fsp3) is 0.385. The molecule has 10 heteroatoms. The number of para-hydroxylation sites is 1. The maximum absolute atomic E-state index is 13.5. The van der Waals surface area contributed by atoms with E-state index < -0.39 is 12.1 Å². The van der Waals surface area contributed by atoms with Crippen LogP contribution in [0.4, 0.5) is 0 Å². The van der Waals surface area contributed by atoms with Crippen LogP contribution in [-0.2, 0) is 4.79 Å². The average Bonchev–Trinajstić information content (AvgIpc) is 2.88. The third kappa shape index (κ3) is 5.49. The minimum absolute atomic E-state index is 0.163. The van der Waals surface area contributed by atoms with Crippen molar-refractivity contribution in [2.45, 2.75) is 58.0 Å². The van der Waals surface area contributed by atoms with E-state index >= 15 is 0 Å². The number of carbonyl (C=O) groups is 1. The third-order valence-corrected chi connectivity index (χ3v) is 8.30. The van der Waals surface area contributed by atoms with E-state index in [1.165, 1.54) is 18.0 Å². The largest absolute Gasteiger partial charge is 0.490 e. The average molecular weight is 621 g/mol. The Morgan fingerprint density at radius 3 is 2.67 bits per heavy atom.